The lowest BCUT2D eigenvalue weighted by Crippen LogP contribution is -2.36. The van der Waals surface area contributed by atoms with Gasteiger partial charge in [-0.1, -0.05) is 35.3 Å². The van der Waals surface area contributed by atoms with Gasteiger partial charge in [0.1, 0.15) is 0 Å². The third-order valence-electron chi connectivity index (χ3n) is 2.71. The molecule has 1 heterocycles. The smallest absolute Gasteiger partial charge is 0.257 e. The quantitative estimate of drug-likeness (QED) is 0.868. The molecule has 1 aliphatic heterocycles. The maximum absolute atomic E-state index is 11.5. The Morgan fingerprint density at radius 2 is 1.94 bits per heavy atom. The second kappa shape index (κ2) is 6.27. The number of morpholine rings is 1. The zero-order chi connectivity index (χ0) is 13.0. The molecular formula is C12H14Cl2N2O2. The maximum Gasteiger partial charge on any atom is 0.257 e. The average Bonchev–Trinajstić information content (AvgIpc) is 2.40. The van der Waals surface area contributed by atoms with Gasteiger partial charge in [0.15, 0.2) is 4.84 Å². The summed E-state index contributed by atoms with van der Waals surface area (Å²) in [6.07, 6.45) is 0. The van der Waals surface area contributed by atoms with Crippen LogP contribution in [0.2, 0.25) is 0 Å². The summed E-state index contributed by atoms with van der Waals surface area (Å²) in [6, 6.07) is 7.58. The third kappa shape index (κ3) is 3.28. The number of nitrogens with one attached hydrogen (secondary N) is 1. The molecule has 6 heteroatoms. The highest BCUT2D eigenvalue weighted by molar-refractivity contribution is 6.54. The van der Waals surface area contributed by atoms with Gasteiger partial charge in [0.2, 0.25) is 0 Å². The van der Waals surface area contributed by atoms with E-state index in [4.69, 9.17) is 27.9 Å². The van der Waals surface area contributed by atoms with Gasteiger partial charge >= 0.3 is 0 Å². The van der Waals surface area contributed by atoms with Crippen LogP contribution in [0.4, 0.5) is 11.4 Å². The number of benzene rings is 1. The van der Waals surface area contributed by atoms with Crippen molar-refractivity contribution < 1.29 is 9.53 Å². The van der Waals surface area contributed by atoms with E-state index < -0.39 is 10.7 Å². The Hall–Kier alpha value is -0.970. The Balaban J connectivity index is 2.16. The van der Waals surface area contributed by atoms with Crippen LogP contribution >= 0.6 is 23.2 Å². The molecule has 2 rings (SSSR count). The van der Waals surface area contributed by atoms with Crippen molar-refractivity contribution in [1.29, 1.82) is 0 Å². The van der Waals surface area contributed by atoms with E-state index in [0.717, 1.165) is 24.5 Å². The van der Waals surface area contributed by atoms with Crippen molar-refractivity contribution in [2.75, 3.05) is 36.5 Å². The first-order chi connectivity index (χ1) is 8.68. The summed E-state index contributed by atoms with van der Waals surface area (Å²) < 4.78 is 5.31. The Kier molecular flexibility index (Phi) is 4.69. The summed E-state index contributed by atoms with van der Waals surface area (Å²) in [6.45, 7) is 2.99. The van der Waals surface area contributed by atoms with Crippen LogP contribution in [-0.4, -0.2) is 37.0 Å². The van der Waals surface area contributed by atoms with Gasteiger partial charge < -0.3 is 15.0 Å². The molecule has 1 saturated heterocycles. The van der Waals surface area contributed by atoms with E-state index in [1.807, 2.05) is 24.3 Å². The number of carbonyl (C=O) groups excluding carboxylic acids is 1. The molecule has 1 aromatic carbocycles. The second-order valence-corrected chi connectivity index (χ2v) is 5.00. The molecule has 0 radical (unpaired) electrons. The Morgan fingerprint density at radius 1 is 1.28 bits per heavy atom. The number of ether oxygens (including phenoxy) is 1. The molecule has 0 saturated carbocycles. The fourth-order valence-electron chi connectivity index (χ4n) is 1.85. The molecule has 1 amide bonds. The van der Waals surface area contributed by atoms with Crippen LogP contribution in [0.1, 0.15) is 0 Å². The number of carbonyl (C=O) groups is 1. The lowest BCUT2D eigenvalue weighted by molar-refractivity contribution is -0.114. The van der Waals surface area contributed by atoms with E-state index >= 15 is 0 Å². The highest BCUT2D eigenvalue weighted by Crippen LogP contribution is 2.26. The fraction of sp³-hybridized carbons (Fsp3) is 0.417. The summed E-state index contributed by atoms with van der Waals surface area (Å²) in [7, 11) is 0. The normalized spacial score (nSPS) is 15.8. The Labute approximate surface area is 116 Å². The first-order valence-corrected chi connectivity index (χ1v) is 6.56. The molecule has 0 spiro atoms. The van der Waals surface area contributed by atoms with Crippen LogP contribution in [0.5, 0.6) is 0 Å². The van der Waals surface area contributed by atoms with Crippen LogP contribution in [0.3, 0.4) is 0 Å². The number of nitrogens with zero attached hydrogens (tertiary/aromatic N) is 1. The number of anilines is 2. The number of hydrogen-bond donors (Lipinski definition) is 1. The van der Waals surface area contributed by atoms with Gasteiger partial charge in [-0.15, -0.1) is 0 Å². The van der Waals surface area contributed by atoms with E-state index in [1.165, 1.54) is 0 Å². The average molecular weight is 289 g/mol. The third-order valence-corrected chi connectivity index (χ3v) is 3.11. The van der Waals surface area contributed by atoms with Crippen molar-refractivity contribution in [3.8, 4) is 0 Å². The van der Waals surface area contributed by atoms with Gasteiger partial charge in [0.05, 0.1) is 24.6 Å². The largest absolute Gasteiger partial charge is 0.378 e. The molecule has 1 aliphatic rings. The molecule has 0 aliphatic carbocycles. The van der Waals surface area contributed by atoms with E-state index in [1.54, 1.807) is 0 Å². The number of para-hydroxylation sites is 2. The summed E-state index contributed by atoms with van der Waals surface area (Å²) in [5, 5.41) is 2.72. The van der Waals surface area contributed by atoms with Crippen LogP contribution < -0.4 is 10.2 Å². The van der Waals surface area contributed by atoms with Crippen molar-refractivity contribution in [3.63, 3.8) is 0 Å². The van der Waals surface area contributed by atoms with Gasteiger partial charge in [-0.3, -0.25) is 4.79 Å². The van der Waals surface area contributed by atoms with Crippen molar-refractivity contribution in [2.45, 2.75) is 4.84 Å². The van der Waals surface area contributed by atoms with Gasteiger partial charge in [-0.2, -0.15) is 0 Å². The summed E-state index contributed by atoms with van der Waals surface area (Å²) >= 11 is 11.1. The number of rotatable bonds is 3. The van der Waals surface area contributed by atoms with Crippen LogP contribution in [0, 0.1) is 0 Å². The molecule has 18 heavy (non-hydrogen) atoms. The molecule has 4 nitrogen and oxygen atoms in total. The summed E-state index contributed by atoms with van der Waals surface area (Å²) in [4.78, 5) is 12.6. The van der Waals surface area contributed by atoms with Gasteiger partial charge in [-0.25, -0.2) is 0 Å². The summed E-state index contributed by atoms with van der Waals surface area (Å²) in [5.41, 5.74) is 1.68. The predicted octanol–water partition coefficient (Wildman–Crippen LogP) is 2.27. The monoisotopic (exact) mass is 288 g/mol. The fourth-order valence-corrected chi connectivity index (χ4v) is 1.96. The molecule has 1 N–H and O–H groups in total. The zero-order valence-electron chi connectivity index (χ0n) is 9.73. The molecule has 0 atom stereocenters. The van der Waals surface area contributed by atoms with Crippen molar-refractivity contribution >= 4 is 40.5 Å². The van der Waals surface area contributed by atoms with Gasteiger partial charge in [0.25, 0.3) is 5.91 Å². The lowest BCUT2D eigenvalue weighted by Gasteiger charge is -2.30. The van der Waals surface area contributed by atoms with Crippen molar-refractivity contribution in [3.05, 3.63) is 24.3 Å². The molecule has 0 aromatic heterocycles. The molecule has 0 unspecified atom stereocenters. The van der Waals surface area contributed by atoms with E-state index in [-0.39, 0.29) is 0 Å². The minimum atomic E-state index is -1.07. The maximum atomic E-state index is 11.5. The molecule has 0 bridgehead atoms. The first-order valence-electron chi connectivity index (χ1n) is 5.69. The molecule has 98 valence electrons. The van der Waals surface area contributed by atoms with Crippen LogP contribution in [-0.2, 0) is 9.53 Å². The van der Waals surface area contributed by atoms with E-state index in [9.17, 15) is 4.79 Å². The number of hydrogen-bond acceptors (Lipinski definition) is 3. The SMILES string of the molecule is O=C(Nc1ccccc1N1CCOCC1)C(Cl)Cl. The number of halogens is 2. The highest BCUT2D eigenvalue weighted by Gasteiger charge is 2.17. The van der Waals surface area contributed by atoms with Gasteiger partial charge in [-0.05, 0) is 12.1 Å². The van der Waals surface area contributed by atoms with E-state index in [2.05, 4.69) is 10.2 Å². The Morgan fingerprint density at radius 3 is 2.61 bits per heavy atom. The standard InChI is InChI=1S/C12H14Cl2N2O2/c13-11(14)12(17)15-9-3-1-2-4-10(9)16-5-7-18-8-6-16/h1-4,11H,5-8H2,(H,15,17). The van der Waals surface area contributed by atoms with Crippen LogP contribution in [0.25, 0.3) is 0 Å². The van der Waals surface area contributed by atoms with E-state index in [0.29, 0.717) is 13.2 Å². The van der Waals surface area contributed by atoms with Crippen molar-refractivity contribution in [2.24, 2.45) is 0 Å². The minimum absolute atomic E-state index is 0.418. The topological polar surface area (TPSA) is 41.6 Å². The Bertz CT molecular complexity index is 420. The highest BCUT2D eigenvalue weighted by atomic mass is 35.5. The predicted molar refractivity (Wildman–Crippen MR) is 73.6 cm³/mol. The van der Waals surface area contributed by atoms with Gasteiger partial charge in [0, 0.05) is 13.1 Å². The number of amides is 1. The molecule has 1 fully saturated rings. The molecule has 1 aromatic rings. The minimum Gasteiger partial charge on any atom is -0.378 e. The van der Waals surface area contributed by atoms with Crippen molar-refractivity contribution in [1.82, 2.24) is 0 Å². The first kappa shape index (κ1) is 13.5. The molecular weight excluding hydrogens is 275 g/mol. The van der Waals surface area contributed by atoms with Crippen LogP contribution in [0.15, 0.2) is 24.3 Å². The number of alkyl halides is 2. The second-order valence-electron chi connectivity index (χ2n) is 3.91. The summed E-state index contributed by atoms with van der Waals surface area (Å²) in [5.74, 6) is -0.418. The zero-order valence-corrected chi connectivity index (χ0v) is 11.2. The lowest BCUT2D eigenvalue weighted by atomic mass is 10.2.